The number of benzene rings is 1. The Hall–Kier alpha value is -4.32. The van der Waals surface area contributed by atoms with Gasteiger partial charge in [0.2, 0.25) is 5.60 Å². The van der Waals surface area contributed by atoms with Gasteiger partial charge in [-0.15, -0.1) is 11.3 Å². The summed E-state index contributed by atoms with van der Waals surface area (Å²) in [6, 6.07) is 10.0. The third-order valence-electron chi connectivity index (χ3n) is 9.05. The van der Waals surface area contributed by atoms with Gasteiger partial charge in [0, 0.05) is 49.3 Å². The van der Waals surface area contributed by atoms with Crippen LogP contribution in [0, 0.1) is 11.3 Å². The van der Waals surface area contributed by atoms with Crippen molar-refractivity contribution in [2.24, 2.45) is 0 Å². The van der Waals surface area contributed by atoms with Gasteiger partial charge in [-0.2, -0.15) is 31.6 Å². The van der Waals surface area contributed by atoms with E-state index in [1.807, 2.05) is 0 Å². The maximum absolute atomic E-state index is 14.7. The minimum Gasteiger partial charge on any atom is -0.508 e. The van der Waals surface area contributed by atoms with Crippen molar-refractivity contribution in [3.05, 3.63) is 75.7 Å². The molecule has 1 aromatic carbocycles. The fourth-order valence-electron chi connectivity index (χ4n) is 6.75. The van der Waals surface area contributed by atoms with Gasteiger partial charge in [-0.3, -0.25) is 14.6 Å². The second-order valence-corrected chi connectivity index (χ2v) is 12.9. The van der Waals surface area contributed by atoms with Crippen LogP contribution < -0.4 is 4.74 Å². The van der Waals surface area contributed by atoms with Crippen molar-refractivity contribution in [3.8, 4) is 17.6 Å². The summed E-state index contributed by atoms with van der Waals surface area (Å²) in [4.78, 5) is 34.0. The highest BCUT2D eigenvalue weighted by Crippen LogP contribution is 2.44. The van der Waals surface area contributed by atoms with Gasteiger partial charge in [-0.25, -0.2) is 0 Å². The first-order chi connectivity index (χ1) is 22.7. The molecule has 8 nitrogen and oxygen atoms in total. The van der Waals surface area contributed by atoms with Crippen LogP contribution >= 0.6 is 11.3 Å². The van der Waals surface area contributed by atoms with Crippen molar-refractivity contribution in [2.75, 3.05) is 19.6 Å². The fourth-order valence-corrected chi connectivity index (χ4v) is 7.43. The number of rotatable bonds is 7. The number of phenolic OH excluding ortho intramolecular Hbond substituents is 1. The average molecular weight is 695 g/mol. The molecule has 2 aliphatic rings. The number of halogens is 6. The van der Waals surface area contributed by atoms with Crippen molar-refractivity contribution in [1.82, 2.24) is 14.8 Å². The lowest BCUT2D eigenvalue weighted by Crippen LogP contribution is -2.68. The molecule has 4 heterocycles. The van der Waals surface area contributed by atoms with E-state index < -0.39 is 57.4 Å². The van der Waals surface area contributed by atoms with Crippen LogP contribution in [0.5, 0.6) is 11.5 Å². The summed E-state index contributed by atoms with van der Waals surface area (Å²) in [7, 11) is 0. The van der Waals surface area contributed by atoms with E-state index in [1.54, 1.807) is 25.1 Å². The van der Waals surface area contributed by atoms with Gasteiger partial charge < -0.3 is 19.6 Å². The van der Waals surface area contributed by atoms with E-state index in [4.69, 9.17) is 4.74 Å². The summed E-state index contributed by atoms with van der Waals surface area (Å²) < 4.78 is 88.8. The molecule has 5 rings (SSSR count). The van der Waals surface area contributed by atoms with Crippen molar-refractivity contribution in [3.63, 3.8) is 0 Å². The lowest BCUT2D eigenvalue weighted by atomic mass is 9.73. The number of hydrogen-bond donors (Lipinski definition) is 1. The molecule has 0 aliphatic carbocycles. The van der Waals surface area contributed by atoms with Crippen molar-refractivity contribution in [1.29, 1.82) is 5.26 Å². The number of nitriles is 1. The minimum atomic E-state index is -4.91. The Morgan fingerprint density at radius 2 is 1.77 bits per heavy atom. The molecule has 2 saturated heterocycles. The molecule has 2 aromatic heterocycles. The highest BCUT2D eigenvalue weighted by atomic mass is 32.1. The number of amides is 2. The monoisotopic (exact) mass is 694 g/mol. The Balaban J connectivity index is 1.55. The lowest BCUT2D eigenvalue weighted by Gasteiger charge is -2.51. The normalized spacial score (nSPS) is 21.4. The zero-order valence-electron chi connectivity index (χ0n) is 25.8. The van der Waals surface area contributed by atoms with Crippen LogP contribution in [0.2, 0.25) is 0 Å². The third-order valence-corrected chi connectivity index (χ3v) is 10.0. The van der Waals surface area contributed by atoms with Gasteiger partial charge >= 0.3 is 12.4 Å². The van der Waals surface area contributed by atoms with Gasteiger partial charge in [0.15, 0.2) is 0 Å². The summed E-state index contributed by atoms with van der Waals surface area (Å²) >= 11 is 0.366. The van der Waals surface area contributed by atoms with E-state index in [2.05, 4.69) is 11.1 Å². The first-order valence-electron chi connectivity index (χ1n) is 15.3. The van der Waals surface area contributed by atoms with Crippen molar-refractivity contribution < 1.29 is 45.8 Å². The molecule has 2 amide bonds. The number of aromatic nitrogens is 1. The molecule has 0 radical (unpaired) electrons. The number of aromatic hydroxyl groups is 1. The first-order valence-corrected chi connectivity index (χ1v) is 16.2. The molecule has 0 spiro atoms. The topological polar surface area (TPSA) is 107 Å². The molecule has 256 valence electrons. The minimum absolute atomic E-state index is 0.00846. The summed E-state index contributed by atoms with van der Waals surface area (Å²) in [6.07, 6.45) is -7.82. The number of para-hydroxylation sites is 1. The summed E-state index contributed by atoms with van der Waals surface area (Å²) in [5, 5.41) is 21.8. The Morgan fingerprint density at radius 1 is 1.06 bits per heavy atom. The zero-order chi connectivity index (χ0) is 34.9. The third kappa shape index (κ3) is 6.54. The molecule has 2 fully saturated rings. The molecule has 1 N–H and O–H groups in total. The van der Waals surface area contributed by atoms with Gasteiger partial charge in [-0.05, 0) is 43.9 Å². The number of nitrogens with zero attached hydrogens (tertiary/aromatic N) is 4. The van der Waals surface area contributed by atoms with Crippen LogP contribution in [0.15, 0.2) is 54.0 Å². The van der Waals surface area contributed by atoms with Crippen LogP contribution in [0.1, 0.15) is 71.9 Å². The number of phenols is 1. The molecule has 15 heteroatoms. The van der Waals surface area contributed by atoms with Gasteiger partial charge in [-0.1, -0.05) is 31.5 Å². The average Bonchev–Trinajstić information content (AvgIpc) is 3.54. The maximum Gasteiger partial charge on any atom is 0.425 e. The standard InChI is InChI=1S/C33H32F6N4O4S/c1-2-7-25-31(47-21-18-26(48-19-21)33(37,38)39,11-6-15-43(25)28(45)27-23(32(34,35)36)9-5-14-41-27)29(46)42-16-12-30(20-40,13-17-42)22-8-3-4-10-24(22)44/h3-5,8-10,14,18-19,25,44H,2,6-7,11-13,15-17H2,1H3/t25?,31-/m0/s1. The molecule has 1 unspecified atom stereocenters. The van der Waals surface area contributed by atoms with Crippen LogP contribution in [-0.2, 0) is 22.6 Å². The van der Waals surface area contributed by atoms with Crippen LogP contribution in [0.3, 0.4) is 0 Å². The number of ether oxygens (including phenoxy) is 1. The van der Waals surface area contributed by atoms with Crippen LogP contribution in [-0.4, -0.2) is 63.0 Å². The zero-order valence-corrected chi connectivity index (χ0v) is 26.6. The second kappa shape index (κ2) is 13.3. The number of piperidine rings is 2. The molecular weight excluding hydrogens is 662 g/mol. The number of thiophene rings is 1. The smallest absolute Gasteiger partial charge is 0.425 e. The summed E-state index contributed by atoms with van der Waals surface area (Å²) in [6.45, 7) is 1.72. The highest BCUT2D eigenvalue weighted by molar-refractivity contribution is 7.10. The SMILES string of the molecule is CCCC1N(C(=O)c2ncccc2C(F)(F)F)CCC[C@@]1(Oc1csc(C(F)(F)F)c1)C(=O)N1CCC(C#N)(c2ccccc2O)CC1. The van der Waals surface area contributed by atoms with Crippen LogP contribution in [0.4, 0.5) is 26.3 Å². The van der Waals surface area contributed by atoms with E-state index in [9.17, 15) is 46.3 Å². The number of alkyl halides is 6. The quantitative estimate of drug-likeness (QED) is 0.263. The van der Waals surface area contributed by atoms with Gasteiger partial charge in [0.25, 0.3) is 11.8 Å². The van der Waals surface area contributed by atoms with Crippen molar-refractivity contribution >= 4 is 23.2 Å². The highest BCUT2D eigenvalue weighted by Gasteiger charge is 2.57. The van der Waals surface area contributed by atoms with Crippen molar-refractivity contribution in [2.45, 2.75) is 74.9 Å². The van der Waals surface area contributed by atoms with E-state index in [0.717, 1.165) is 34.7 Å². The fraction of sp³-hybridized carbons (Fsp3) is 0.455. The largest absolute Gasteiger partial charge is 0.508 e. The molecule has 0 saturated carbocycles. The van der Waals surface area contributed by atoms with E-state index in [-0.39, 0.29) is 63.2 Å². The van der Waals surface area contributed by atoms with E-state index >= 15 is 0 Å². The van der Waals surface area contributed by atoms with Gasteiger partial charge in [0.05, 0.1) is 23.1 Å². The Morgan fingerprint density at radius 3 is 2.38 bits per heavy atom. The Kier molecular flexibility index (Phi) is 9.69. The first kappa shape index (κ1) is 35.0. The van der Waals surface area contributed by atoms with E-state index in [0.29, 0.717) is 23.3 Å². The molecule has 48 heavy (non-hydrogen) atoms. The predicted octanol–water partition coefficient (Wildman–Crippen LogP) is 7.19. The number of hydrogen-bond acceptors (Lipinski definition) is 7. The van der Waals surface area contributed by atoms with Crippen LogP contribution in [0.25, 0.3) is 0 Å². The Bertz CT molecular complexity index is 1700. The number of pyridine rings is 1. The van der Waals surface area contributed by atoms with Gasteiger partial charge in [0.1, 0.15) is 22.1 Å². The number of carbonyl (C=O) groups excluding carboxylic acids is 2. The molecule has 0 bridgehead atoms. The maximum atomic E-state index is 14.7. The molecular formula is C33H32F6N4O4S. The molecule has 3 aromatic rings. The molecule has 2 atom stereocenters. The predicted molar refractivity (Wildman–Crippen MR) is 162 cm³/mol. The second-order valence-electron chi connectivity index (χ2n) is 11.9. The number of likely N-dealkylation sites (tertiary alicyclic amines) is 2. The summed E-state index contributed by atoms with van der Waals surface area (Å²) in [5.74, 6) is -2.07. The number of carbonyl (C=O) groups is 2. The van der Waals surface area contributed by atoms with E-state index in [1.165, 1.54) is 11.0 Å². The lowest BCUT2D eigenvalue weighted by molar-refractivity contribution is -0.160. The summed E-state index contributed by atoms with van der Waals surface area (Å²) in [5.41, 5.74) is -4.81. The molecule has 2 aliphatic heterocycles. The Labute approximate surface area is 276 Å².